The van der Waals surface area contributed by atoms with E-state index in [1.807, 2.05) is 0 Å². The Balaban J connectivity index is 0.00000400. The second kappa shape index (κ2) is 12.2. The summed E-state index contributed by atoms with van der Waals surface area (Å²) >= 11 is 1.79. The van der Waals surface area contributed by atoms with Gasteiger partial charge in [0.15, 0.2) is 5.96 Å². The Hall–Kier alpha value is -0.370. The molecule has 1 aromatic heterocycles. The van der Waals surface area contributed by atoms with Gasteiger partial charge in [-0.25, -0.2) is 4.98 Å². The zero-order valence-corrected chi connectivity index (χ0v) is 16.8. The standard InChI is InChI=1S/C15H28N4S.HI/c1-5-7-8-10-17-15(16-6-2)18-11-9-14-12(3)19-13(4)20-14;/h5-11H2,1-4H3,(H2,16,17,18);1H. The molecule has 122 valence electrons. The molecular formula is C15H29IN4S. The fourth-order valence-electron chi connectivity index (χ4n) is 1.99. The van der Waals surface area contributed by atoms with Crippen molar-refractivity contribution in [3.05, 3.63) is 15.6 Å². The van der Waals surface area contributed by atoms with Gasteiger partial charge in [0.25, 0.3) is 0 Å². The average molecular weight is 424 g/mol. The molecule has 0 fully saturated rings. The van der Waals surface area contributed by atoms with Crippen molar-refractivity contribution in [2.24, 2.45) is 4.99 Å². The third kappa shape index (κ3) is 8.60. The molecule has 2 N–H and O–H groups in total. The lowest BCUT2D eigenvalue weighted by Crippen LogP contribution is -2.38. The molecule has 0 radical (unpaired) electrons. The van der Waals surface area contributed by atoms with Crippen LogP contribution < -0.4 is 10.6 Å². The van der Waals surface area contributed by atoms with Gasteiger partial charge in [0.1, 0.15) is 0 Å². The second-order valence-corrected chi connectivity index (χ2v) is 6.17. The Morgan fingerprint density at radius 3 is 2.52 bits per heavy atom. The van der Waals surface area contributed by atoms with E-state index in [0.29, 0.717) is 0 Å². The molecule has 0 unspecified atom stereocenters. The van der Waals surface area contributed by atoms with Crippen molar-refractivity contribution in [3.63, 3.8) is 0 Å². The van der Waals surface area contributed by atoms with Crippen molar-refractivity contribution < 1.29 is 0 Å². The van der Waals surface area contributed by atoms with Gasteiger partial charge < -0.3 is 10.6 Å². The Morgan fingerprint density at radius 1 is 1.19 bits per heavy atom. The van der Waals surface area contributed by atoms with Gasteiger partial charge in [0, 0.05) is 30.9 Å². The minimum atomic E-state index is 0. The first-order valence-corrected chi connectivity index (χ1v) is 8.44. The quantitative estimate of drug-likeness (QED) is 0.290. The number of nitrogens with zero attached hydrogens (tertiary/aromatic N) is 2. The molecule has 4 nitrogen and oxygen atoms in total. The van der Waals surface area contributed by atoms with Gasteiger partial charge in [-0.3, -0.25) is 4.99 Å². The zero-order valence-electron chi connectivity index (χ0n) is 13.7. The van der Waals surface area contributed by atoms with E-state index >= 15 is 0 Å². The van der Waals surface area contributed by atoms with Gasteiger partial charge in [-0.2, -0.15) is 0 Å². The van der Waals surface area contributed by atoms with Crippen molar-refractivity contribution in [2.75, 3.05) is 19.6 Å². The van der Waals surface area contributed by atoms with Crippen LogP contribution in [0.2, 0.25) is 0 Å². The number of aromatic nitrogens is 1. The number of unbranched alkanes of at least 4 members (excludes halogenated alkanes) is 2. The summed E-state index contributed by atoms with van der Waals surface area (Å²) in [5.41, 5.74) is 1.17. The number of guanidine groups is 1. The van der Waals surface area contributed by atoms with E-state index in [1.54, 1.807) is 11.3 Å². The SMILES string of the molecule is CCCCCN=C(NCC)NCCc1sc(C)nc1C.I. The maximum Gasteiger partial charge on any atom is 0.191 e. The molecule has 0 amide bonds. The van der Waals surface area contributed by atoms with E-state index in [-0.39, 0.29) is 24.0 Å². The number of aliphatic imine (C=N–C) groups is 1. The van der Waals surface area contributed by atoms with Gasteiger partial charge in [-0.15, -0.1) is 35.3 Å². The lowest BCUT2D eigenvalue weighted by atomic mass is 10.2. The molecule has 0 bridgehead atoms. The first-order valence-electron chi connectivity index (χ1n) is 7.62. The molecule has 6 heteroatoms. The summed E-state index contributed by atoms with van der Waals surface area (Å²) in [6.45, 7) is 11.2. The number of rotatable bonds is 8. The van der Waals surface area contributed by atoms with E-state index in [0.717, 1.165) is 37.0 Å². The predicted octanol–water partition coefficient (Wildman–Crippen LogP) is 3.67. The Kier molecular flexibility index (Phi) is 12.0. The Morgan fingerprint density at radius 2 is 1.95 bits per heavy atom. The highest BCUT2D eigenvalue weighted by Gasteiger charge is 2.04. The summed E-state index contributed by atoms with van der Waals surface area (Å²) in [5, 5.41) is 7.84. The fourth-order valence-corrected chi connectivity index (χ4v) is 2.93. The Labute approximate surface area is 150 Å². The lowest BCUT2D eigenvalue weighted by molar-refractivity contribution is 0.717. The summed E-state index contributed by atoms with van der Waals surface area (Å²) in [7, 11) is 0. The number of nitrogens with one attached hydrogen (secondary N) is 2. The molecule has 1 rings (SSSR count). The number of halogens is 1. The molecule has 0 aliphatic heterocycles. The molecule has 21 heavy (non-hydrogen) atoms. The van der Waals surface area contributed by atoms with Crippen LogP contribution in [0.5, 0.6) is 0 Å². The van der Waals surface area contributed by atoms with Gasteiger partial charge in [-0.05, 0) is 27.2 Å². The molecule has 1 aromatic rings. The van der Waals surface area contributed by atoms with Crippen molar-refractivity contribution >= 4 is 41.3 Å². The molecule has 1 heterocycles. The number of aryl methyl sites for hydroxylation is 2. The largest absolute Gasteiger partial charge is 0.357 e. The highest BCUT2D eigenvalue weighted by Crippen LogP contribution is 2.16. The first-order chi connectivity index (χ1) is 9.67. The molecule has 0 spiro atoms. The van der Waals surface area contributed by atoms with Crippen LogP contribution >= 0.6 is 35.3 Å². The molecular weight excluding hydrogens is 395 g/mol. The van der Waals surface area contributed by atoms with Crippen LogP contribution in [0.1, 0.15) is 48.7 Å². The number of hydrogen-bond acceptors (Lipinski definition) is 3. The third-order valence-corrected chi connectivity index (χ3v) is 4.15. The minimum Gasteiger partial charge on any atom is -0.357 e. The third-order valence-electron chi connectivity index (χ3n) is 3.02. The summed E-state index contributed by atoms with van der Waals surface area (Å²) in [4.78, 5) is 10.4. The maximum atomic E-state index is 4.59. The monoisotopic (exact) mass is 424 g/mol. The Bertz CT molecular complexity index is 418. The van der Waals surface area contributed by atoms with Crippen LogP contribution in [0.3, 0.4) is 0 Å². The van der Waals surface area contributed by atoms with Crippen LogP contribution in [-0.4, -0.2) is 30.6 Å². The molecule has 0 aliphatic rings. The van der Waals surface area contributed by atoms with Crippen molar-refractivity contribution in [3.8, 4) is 0 Å². The van der Waals surface area contributed by atoms with Gasteiger partial charge in [-0.1, -0.05) is 19.8 Å². The number of thiazole rings is 1. The van der Waals surface area contributed by atoms with Gasteiger partial charge in [0.05, 0.1) is 10.7 Å². The van der Waals surface area contributed by atoms with Crippen molar-refractivity contribution in [1.29, 1.82) is 0 Å². The minimum absolute atomic E-state index is 0. The number of hydrogen-bond donors (Lipinski definition) is 2. The lowest BCUT2D eigenvalue weighted by Gasteiger charge is -2.10. The van der Waals surface area contributed by atoms with Gasteiger partial charge in [0.2, 0.25) is 0 Å². The normalized spacial score (nSPS) is 11.1. The molecule has 0 saturated carbocycles. The van der Waals surface area contributed by atoms with Crippen LogP contribution in [0.25, 0.3) is 0 Å². The van der Waals surface area contributed by atoms with Crippen LogP contribution in [0, 0.1) is 13.8 Å². The summed E-state index contributed by atoms with van der Waals surface area (Å²) in [6.07, 6.45) is 4.67. The maximum absolute atomic E-state index is 4.59. The van der Waals surface area contributed by atoms with E-state index < -0.39 is 0 Å². The smallest absolute Gasteiger partial charge is 0.191 e. The van der Waals surface area contributed by atoms with Crippen LogP contribution in [0.4, 0.5) is 0 Å². The molecule has 0 saturated heterocycles. The summed E-state index contributed by atoms with van der Waals surface area (Å²) in [6, 6.07) is 0. The summed E-state index contributed by atoms with van der Waals surface area (Å²) < 4.78 is 0. The van der Waals surface area contributed by atoms with E-state index in [2.05, 4.69) is 48.3 Å². The summed E-state index contributed by atoms with van der Waals surface area (Å²) in [5.74, 6) is 0.933. The van der Waals surface area contributed by atoms with Crippen molar-refractivity contribution in [2.45, 2.75) is 53.4 Å². The van der Waals surface area contributed by atoms with Crippen molar-refractivity contribution in [1.82, 2.24) is 15.6 Å². The van der Waals surface area contributed by atoms with E-state index in [1.165, 1.54) is 29.8 Å². The molecule has 0 atom stereocenters. The topological polar surface area (TPSA) is 49.3 Å². The van der Waals surface area contributed by atoms with Crippen LogP contribution in [0.15, 0.2) is 4.99 Å². The average Bonchev–Trinajstić information content (AvgIpc) is 2.73. The highest BCUT2D eigenvalue weighted by atomic mass is 127. The first kappa shape index (κ1) is 20.6. The van der Waals surface area contributed by atoms with E-state index in [4.69, 9.17) is 0 Å². The molecule has 0 aromatic carbocycles. The van der Waals surface area contributed by atoms with Crippen LogP contribution in [-0.2, 0) is 6.42 Å². The highest BCUT2D eigenvalue weighted by molar-refractivity contribution is 14.0. The fraction of sp³-hybridized carbons (Fsp3) is 0.733. The van der Waals surface area contributed by atoms with E-state index in [9.17, 15) is 0 Å². The second-order valence-electron chi connectivity index (χ2n) is 4.89. The zero-order chi connectivity index (χ0) is 14.8. The molecule has 0 aliphatic carbocycles. The van der Waals surface area contributed by atoms with Gasteiger partial charge >= 0.3 is 0 Å². The predicted molar refractivity (Wildman–Crippen MR) is 104 cm³/mol.